The lowest BCUT2D eigenvalue weighted by molar-refractivity contribution is -0.0514. The number of hydrogen-bond donors (Lipinski definition) is 1. The maximum Gasteiger partial charge on any atom is 0.387 e. The topological polar surface area (TPSA) is 69.9 Å². The zero-order valence-electron chi connectivity index (χ0n) is 17.1. The predicted octanol–water partition coefficient (Wildman–Crippen LogP) is 5.81. The van der Waals surface area contributed by atoms with Gasteiger partial charge in [0.25, 0.3) is 5.91 Å². The maximum absolute atomic E-state index is 13.7. The van der Waals surface area contributed by atoms with Crippen molar-refractivity contribution in [2.75, 3.05) is 11.9 Å². The Morgan fingerprint density at radius 2 is 1.56 bits per heavy atom. The molecule has 1 heterocycles. The molecule has 0 aliphatic rings. The number of carbonyl (C=O) groups excluding carboxylic acids is 1. The number of nitrogens with one attached hydrogen (secondary N) is 1. The molecule has 3 aromatic rings. The molecule has 34 heavy (non-hydrogen) atoms. The third-order valence-electron chi connectivity index (χ3n) is 4.13. The zero-order chi connectivity index (χ0) is 25.0. The highest BCUT2D eigenvalue weighted by atomic mass is 19.3. The van der Waals surface area contributed by atoms with Crippen LogP contribution < -0.4 is 19.5 Å². The van der Waals surface area contributed by atoms with E-state index in [9.17, 15) is 35.5 Å². The number of benzene rings is 2. The molecule has 0 saturated carbocycles. The van der Waals surface area contributed by atoms with Crippen LogP contribution in [0.1, 0.15) is 23.2 Å². The van der Waals surface area contributed by atoms with Crippen LogP contribution in [0.5, 0.6) is 17.2 Å². The van der Waals surface area contributed by atoms with Gasteiger partial charge in [0.2, 0.25) is 29.1 Å². The lowest BCUT2D eigenvalue weighted by atomic mass is 10.2. The zero-order valence-corrected chi connectivity index (χ0v) is 17.1. The summed E-state index contributed by atoms with van der Waals surface area (Å²) in [6.45, 7) is -2.12. The van der Waals surface area contributed by atoms with E-state index >= 15 is 0 Å². The maximum atomic E-state index is 13.7. The van der Waals surface area contributed by atoms with Crippen molar-refractivity contribution in [1.82, 2.24) is 0 Å². The summed E-state index contributed by atoms with van der Waals surface area (Å²) < 4.78 is 111. The van der Waals surface area contributed by atoms with Gasteiger partial charge >= 0.3 is 6.61 Å². The molecule has 0 fully saturated rings. The number of furan rings is 1. The van der Waals surface area contributed by atoms with Crippen molar-refractivity contribution in [3.8, 4) is 17.2 Å². The minimum Gasteiger partial charge on any atom is -0.490 e. The summed E-state index contributed by atoms with van der Waals surface area (Å²) in [5.74, 6) is -14.1. The van der Waals surface area contributed by atoms with E-state index in [1.165, 1.54) is 18.2 Å². The average Bonchev–Trinajstić information content (AvgIpc) is 3.27. The van der Waals surface area contributed by atoms with Crippen molar-refractivity contribution in [2.45, 2.75) is 20.1 Å². The van der Waals surface area contributed by atoms with Crippen LogP contribution in [0.3, 0.4) is 0 Å². The highest BCUT2D eigenvalue weighted by Gasteiger charge is 2.27. The van der Waals surface area contributed by atoms with Gasteiger partial charge in [0.1, 0.15) is 12.4 Å². The van der Waals surface area contributed by atoms with Gasteiger partial charge in [0.05, 0.1) is 6.61 Å². The summed E-state index contributed by atoms with van der Waals surface area (Å²) >= 11 is 0. The second-order valence-corrected chi connectivity index (χ2v) is 6.38. The molecular weight excluding hydrogens is 479 g/mol. The van der Waals surface area contributed by atoms with E-state index in [2.05, 4.69) is 14.8 Å². The highest BCUT2D eigenvalue weighted by molar-refractivity contribution is 6.02. The Balaban J connectivity index is 1.70. The normalized spacial score (nSPS) is 11.0. The van der Waals surface area contributed by atoms with Gasteiger partial charge in [-0.1, -0.05) is 0 Å². The summed E-state index contributed by atoms with van der Waals surface area (Å²) in [4.78, 5) is 12.4. The van der Waals surface area contributed by atoms with Crippen LogP contribution in [0.15, 0.2) is 34.7 Å². The van der Waals surface area contributed by atoms with Crippen molar-refractivity contribution in [1.29, 1.82) is 0 Å². The molecule has 0 spiro atoms. The molecule has 0 bridgehead atoms. The fourth-order valence-corrected chi connectivity index (χ4v) is 2.67. The van der Waals surface area contributed by atoms with Gasteiger partial charge in [-0.25, -0.2) is 13.2 Å². The summed E-state index contributed by atoms with van der Waals surface area (Å²) in [7, 11) is 0. The lowest BCUT2D eigenvalue weighted by Crippen LogP contribution is -2.11. The van der Waals surface area contributed by atoms with E-state index in [-0.39, 0.29) is 35.3 Å². The number of halogens is 7. The fourth-order valence-electron chi connectivity index (χ4n) is 2.67. The van der Waals surface area contributed by atoms with Gasteiger partial charge in [-0.05, 0) is 31.2 Å². The molecule has 13 heteroatoms. The third-order valence-corrected chi connectivity index (χ3v) is 4.13. The highest BCUT2D eigenvalue weighted by Crippen LogP contribution is 2.32. The van der Waals surface area contributed by atoms with Crippen LogP contribution in [0.2, 0.25) is 0 Å². The molecule has 1 N–H and O–H groups in total. The van der Waals surface area contributed by atoms with E-state index in [0.717, 1.165) is 12.1 Å². The van der Waals surface area contributed by atoms with Crippen LogP contribution >= 0.6 is 0 Å². The average molecular weight is 493 g/mol. The Labute approximate surface area is 186 Å². The van der Waals surface area contributed by atoms with Gasteiger partial charge in [0.15, 0.2) is 23.0 Å². The number of amides is 1. The Kier molecular flexibility index (Phi) is 7.54. The van der Waals surface area contributed by atoms with Crippen molar-refractivity contribution < 1.29 is 54.2 Å². The fraction of sp³-hybridized carbons (Fsp3) is 0.190. The first-order chi connectivity index (χ1) is 16.1. The summed E-state index contributed by atoms with van der Waals surface area (Å²) in [5.41, 5.74) is 0.130. The molecular formula is C21H14F7NO5. The summed E-state index contributed by atoms with van der Waals surface area (Å²) in [6, 6.07) is 5.97. The number of anilines is 1. The van der Waals surface area contributed by atoms with E-state index in [4.69, 9.17) is 9.15 Å². The van der Waals surface area contributed by atoms with Crippen LogP contribution in [0, 0.1) is 29.1 Å². The van der Waals surface area contributed by atoms with Crippen molar-refractivity contribution in [2.24, 2.45) is 0 Å². The first-order valence-corrected chi connectivity index (χ1v) is 9.38. The molecule has 182 valence electrons. The minimum absolute atomic E-state index is 0.0584. The van der Waals surface area contributed by atoms with Crippen LogP contribution in [-0.4, -0.2) is 19.1 Å². The van der Waals surface area contributed by atoms with Gasteiger partial charge in [-0.3, -0.25) is 4.79 Å². The third kappa shape index (κ3) is 5.35. The monoisotopic (exact) mass is 493 g/mol. The van der Waals surface area contributed by atoms with Crippen molar-refractivity contribution in [3.05, 3.63) is 70.9 Å². The van der Waals surface area contributed by atoms with Gasteiger partial charge < -0.3 is 23.9 Å². The molecule has 0 aliphatic carbocycles. The van der Waals surface area contributed by atoms with Crippen molar-refractivity contribution >= 4 is 11.6 Å². The Hall–Kier alpha value is -3.90. The molecule has 1 amide bonds. The van der Waals surface area contributed by atoms with Crippen LogP contribution in [-0.2, 0) is 6.61 Å². The molecule has 1 aromatic heterocycles. The quantitative estimate of drug-likeness (QED) is 0.232. The smallest absolute Gasteiger partial charge is 0.387 e. The SMILES string of the molecule is CCOc1cc(NC(=O)c2ccc(COc3c(F)c(F)c(F)c(F)c3F)o2)ccc1OC(F)F. The number of alkyl halides is 2. The number of ether oxygens (including phenoxy) is 3. The second-order valence-electron chi connectivity index (χ2n) is 6.38. The first-order valence-electron chi connectivity index (χ1n) is 9.38. The van der Waals surface area contributed by atoms with Crippen LogP contribution in [0.25, 0.3) is 0 Å². The second kappa shape index (κ2) is 10.4. The minimum atomic E-state index is -3.09. The van der Waals surface area contributed by atoms with Gasteiger partial charge in [0, 0.05) is 11.8 Å². The molecule has 0 unspecified atom stereocenters. The van der Waals surface area contributed by atoms with Gasteiger partial charge in [-0.2, -0.15) is 17.6 Å². The molecule has 0 atom stereocenters. The Morgan fingerprint density at radius 3 is 2.18 bits per heavy atom. The Bertz CT molecular complexity index is 1170. The van der Waals surface area contributed by atoms with Crippen molar-refractivity contribution in [3.63, 3.8) is 0 Å². The molecule has 0 saturated heterocycles. The first kappa shape index (κ1) is 24.7. The molecule has 3 rings (SSSR count). The molecule has 0 radical (unpaired) electrons. The summed E-state index contributed by atoms with van der Waals surface area (Å²) in [6.07, 6.45) is 0. The number of rotatable bonds is 9. The summed E-state index contributed by atoms with van der Waals surface area (Å²) in [5, 5.41) is 2.41. The van der Waals surface area contributed by atoms with E-state index in [1.807, 2.05) is 0 Å². The number of hydrogen-bond acceptors (Lipinski definition) is 5. The standard InChI is InChI=1S/C21H14F7NO5/c1-2-31-13-7-9(3-5-11(13)34-21(27)28)29-20(30)12-6-4-10(33-12)8-32-19-17(25)15(23)14(22)16(24)18(19)26/h3-7,21H,2,8H2,1H3,(H,29,30). The number of carbonyl (C=O) groups is 1. The lowest BCUT2D eigenvalue weighted by Gasteiger charge is -2.13. The van der Waals surface area contributed by atoms with Gasteiger partial charge in [-0.15, -0.1) is 0 Å². The van der Waals surface area contributed by atoms with Crippen LogP contribution in [0.4, 0.5) is 36.4 Å². The van der Waals surface area contributed by atoms with E-state index < -0.39 is 54.0 Å². The Morgan fingerprint density at radius 1 is 0.912 bits per heavy atom. The molecule has 2 aromatic carbocycles. The predicted molar refractivity (Wildman–Crippen MR) is 101 cm³/mol. The molecule has 0 aliphatic heterocycles. The van der Waals surface area contributed by atoms with E-state index in [1.54, 1.807) is 6.92 Å². The largest absolute Gasteiger partial charge is 0.490 e. The molecule has 6 nitrogen and oxygen atoms in total. The van der Waals surface area contributed by atoms with E-state index in [0.29, 0.717) is 0 Å².